The van der Waals surface area contributed by atoms with Gasteiger partial charge in [0, 0.05) is 13.1 Å². The Hall–Kier alpha value is -0.0400. The largest absolute Gasteiger partial charge is 0.306 e. The molecule has 0 N–H and O–H groups in total. The molecule has 12 heavy (non-hydrogen) atoms. The van der Waals surface area contributed by atoms with E-state index in [1.165, 1.54) is 25.9 Å². The van der Waals surface area contributed by atoms with Gasteiger partial charge in [-0.05, 0) is 37.6 Å². The third-order valence-electron chi connectivity index (χ3n) is 3.08. The van der Waals surface area contributed by atoms with Crippen molar-refractivity contribution in [3.63, 3.8) is 0 Å². The molecule has 2 unspecified atom stereocenters. The van der Waals surface area contributed by atoms with Crippen molar-refractivity contribution < 1.29 is 0 Å². The molecule has 0 bridgehead atoms. The van der Waals surface area contributed by atoms with Crippen LogP contribution in [0.5, 0.6) is 0 Å². The number of rotatable bonds is 1. The molecule has 1 saturated carbocycles. The molecule has 72 valence electrons. The molecule has 2 atom stereocenters. The molecule has 1 heterocycles. The van der Waals surface area contributed by atoms with Crippen LogP contribution in [0.1, 0.15) is 33.6 Å². The van der Waals surface area contributed by atoms with Crippen molar-refractivity contribution in [2.75, 3.05) is 20.1 Å². The van der Waals surface area contributed by atoms with Crippen molar-refractivity contribution in [1.29, 1.82) is 0 Å². The number of hydrogen-bond donors (Lipinski definition) is 0. The lowest BCUT2D eigenvalue weighted by atomic mass is 9.93. The fourth-order valence-corrected chi connectivity index (χ4v) is 2.38. The van der Waals surface area contributed by atoms with Crippen LogP contribution in [0.3, 0.4) is 0 Å². The van der Waals surface area contributed by atoms with Crippen LogP contribution in [0, 0.1) is 17.8 Å². The van der Waals surface area contributed by atoms with Gasteiger partial charge in [-0.1, -0.05) is 20.8 Å². The van der Waals surface area contributed by atoms with Crippen molar-refractivity contribution in [2.45, 2.75) is 33.6 Å². The first-order chi connectivity index (χ1) is 5.77. The topological polar surface area (TPSA) is 3.24 Å². The summed E-state index contributed by atoms with van der Waals surface area (Å²) in [5, 5.41) is 0. The van der Waals surface area contributed by atoms with Gasteiger partial charge in [-0.15, -0.1) is 0 Å². The lowest BCUT2D eigenvalue weighted by Crippen LogP contribution is -2.14. The third-order valence-corrected chi connectivity index (χ3v) is 3.08. The molecule has 2 fully saturated rings. The molecule has 0 spiro atoms. The van der Waals surface area contributed by atoms with Crippen LogP contribution in [-0.4, -0.2) is 25.0 Å². The smallest absolute Gasteiger partial charge is 0.00124 e. The molecular formula is C11H23N. The van der Waals surface area contributed by atoms with Crippen molar-refractivity contribution in [1.82, 2.24) is 4.90 Å². The minimum absolute atomic E-state index is 0.970. The molecule has 0 aromatic carbocycles. The lowest BCUT2D eigenvalue weighted by Gasteiger charge is -2.11. The lowest BCUT2D eigenvalue weighted by molar-refractivity contribution is 0.377. The van der Waals surface area contributed by atoms with E-state index < -0.39 is 0 Å². The number of likely N-dealkylation sites (tertiary alicyclic amines) is 1. The molecule has 1 saturated heterocycles. The van der Waals surface area contributed by atoms with E-state index in [4.69, 9.17) is 0 Å². The summed E-state index contributed by atoms with van der Waals surface area (Å²) in [7, 11) is 2.25. The maximum atomic E-state index is 2.48. The monoisotopic (exact) mass is 169 g/mol. The first kappa shape index (κ1) is 10.0. The minimum atomic E-state index is 0.970. The Balaban J connectivity index is 0.000000336. The summed E-state index contributed by atoms with van der Waals surface area (Å²) in [4.78, 5) is 2.48. The van der Waals surface area contributed by atoms with Gasteiger partial charge in [-0.2, -0.15) is 0 Å². The summed E-state index contributed by atoms with van der Waals surface area (Å²) in [6.45, 7) is 9.11. The molecule has 0 amide bonds. The van der Waals surface area contributed by atoms with Gasteiger partial charge >= 0.3 is 0 Å². The van der Waals surface area contributed by atoms with Gasteiger partial charge in [0.05, 0.1) is 0 Å². The molecular weight excluding hydrogens is 146 g/mol. The Kier molecular flexibility index (Phi) is 3.57. The number of hydrogen-bond acceptors (Lipinski definition) is 1. The van der Waals surface area contributed by atoms with Gasteiger partial charge < -0.3 is 4.90 Å². The Morgan fingerprint density at radius 2 is 1.67 bits per heavy atom. The van der Waals surface area contributed by atoms with Crippen LogP contribution in [0.4, 0.5) is 0 Å². The quantitative estimate of drug-likeness (QED) is 0.583. The standard InChI is InChI=1S/C9H17N.C2H6/c1-7-5-10(2)6-9(7)8-3-4-8;1-2/h7-9H,3-6H2,1-2H3;1-2H3. The SMILES string of the molecule is CC.CC1CN(C)CC1C1CC1. The van der Waals surface area contributed by atoms with E-state index in [0.717, 1.165) is 17.8 Å². The Morgan fingerprint density at radius 1 is 1.08 bits per heavy atom. The van der Waals surface area contributed by atoms with Gasteiger partial charge in [0.1, 0.15) is 0 Å². The summed E-state index contributed by atoms with van der Waals surface area (Å²) in [5.41, 5.74) is 0. The summed E-state index contributed by atoms with van der Waals surface area (Å²) in [5.74, 6) is 3.13. The maximum absolute atomic E-state index is 2.48. The molecule has 1 aliphatic heterocycles. The zero-order valence-electron chi connectivity index (χ0n) is 9.01. The van der Waals surface area contributed by atoms with Gasteiger partial charge in [0.15, 0.2) is 0 Å². The third kappa shape index (κ3) is 2.22. The van der Waals surface area contributed by atoms with Crippen LogP contribution < -0.4 is 0 Å². The zero-order chi connectivity index (χ0) is 9.14. The average molecular weight is 169 g/mol. The Morgan fingerprint density at radius 3 is 2.00 bits per heavy atom. The highest BCUT2D eigenvalue weighted by Gasteiger charge is 2.38. The predicted octanol–water partition coefficient (Wildman–Crippen LogP) is 2.62. The van der Waals surface area contributed by atoms with E-state index in [1.807, 2.05) is 13.8 Å². The Bertz CT molecular complexity index is 129. The highest BCUT2D eigenvalue weighted by Crippen LogP contribution is 2.43. The molecule has 0 aromatic heterocycles. The molecule has 1 heteroatoms. The number of nitrogens with zero attached hydrogens (tertiary/aromatic N) is 1. The van der Waals surface area contributed by atoms with E-state index in [0.29, 0.717) is 0 Å². The molecule has 0 radical (unpaired) electrons. The maximum Gasteiger partial charge on any atom is 0.00124 e. The zero-order valence-corrected chi connectivity index (χ0v) is 9.01. The van der Waals surface area contributed by atoms with Gasteiger partial charge in [-0.3, -0.25) is 0 Å². The van der Waals surface area contributed by atoms with Crippen LogP contribution in [-0.2, 0) is 0 Å². The minimum Gasteiger partial charge on any atom is -0.306 e. The van der Waals surface area contributed by atoms with Crippen LogP contribution >= 0.6 is 0 Å². The Labute approximate surface area is 77.1 Å². The van der Waals surface area contributed by atoms with E-state index >= 15 is 0 Å². The van der Waals surface area contributed by atoms with Crippen LogP contribution in [0.2, 0.25) is 0 Å². The van der Waals surface area contributed by atoms with Crippen LogP contribution in [0.25, 0.3) is 0 Å². The molecule has 1 nitrogen and oxygen atoms in total. The summed E-state index contributed by atoms with van der Waals surface area (Å²) in [6, 6.07) is 0. The summed E-state index contributed by atoms with van der Waals surface area (Å²) in [6.07, 6.45) is 3.03. The van der Waals surface area contributed by atoms with E-state index in [1.54, 1.807) is 0 Å². The first-order valence-corrected chi connectivity index (χ1v) is 5.46. The van der Waals surface area contributed by atoms with E-state index in [2.05, 4.69) is 18.9 Å². The van der Waals surface area contributed by atoms with Crippen molar-refractivity contribution >= 4 is 0 Å². The molecule has 1 aliphatic carbocycles. The van der Waals surface area contributed by atoms with E-state index in [9.17, 15) is 0 Å². The van der Waals surface area contributed by atoms with E-state index in [-0.39, 0.29) is 0 Å². The van der Waals surface area contributed by atoms with Gasteiger partial charge in [0.25, 0.3) is 0 Å². The van der Waals surface area contributed by atoms with Crippen molar-refractivity contribution in [3.8, 4) is 0 Å². The predicted molar refractivity (Wildman–Crippen MR) is 54.2 cm³/mol. The second-order valence-electron chi connectivity index (χ2n) is 4.20. The second-order valence-corrected chi connectivity index (χ2v) is 4.20. The summed E-state index contributed by atoms with van der Waals surface area (Å²) >= 11 is 0. The average Bonchev–Trinajstić information content (AvgIpc) is 2.83. The fraction of sp³-hybridized carbons (Fsp3) is 1.00. The van der Waals surface area contributed by atoms with Gasteiger partial charge in [0.2, 0.25) is 0 Å². The highest BCUT2D eigenvalue weighted by molar-refractivity contribution is 4.90. The van der Waals surface area contributed by atoms with Crippen molar-refractivity contribution in [2.24, 2.45) is 17.8 Å². The summed E-state index contributed by atoms with van der Waals surface area (Å²) < 4.78 is 0. The first-order valence-electron chi connectivity index (χ1n) is 5.46. The molecule has 2 aliphatic rings. The second kappa shape index (κ2) is 4.27. The molecule has 0 aromatic rings. The van der Waals surface area contributed by atoms with Crippen molar-refractivity contribution in [3.05, 3.63) is 0 Å². The normalized spacial score (nSPS) is 36.0. The molecule has 2 rings (SSSR count). The van der Waals surface area contributed by atoms with Crippen LogP contribution in [0.15, 0.2) is 0 Å². The highest BCUT2D eigenvalue weighted by atomic mass is 15.1. The van der Waals surface area contributed by atoms with Gasteiger partial charge in [-0.25, -0.2) is 0 Å². The fourth-order valence-electron chi connectivity index (χ4n) is 2.38.